The second-order valence-corrected chi connectivity index (χ2v) is 4.98. The van der Waals surface area contributed by atoms with Crippen molar-refractivity contribution >= 4 is 5.97 Å². The van der Waals surface area contributed by atoms with Gasteiger partial charge < -0.3 is 5.11 Å². The van der Waals surface area contributed by atoms with Gasteiger partial charge in [-0.2, -0.15) is 0 Å². The van der Waals surface area contributed by atoms with Crippen LogP contribution in [0.3, 0.4) is 0 Å². The summed E-state index contributed by atoms with van der Waals surface area (Å²) >= 11 is 0. The number of hydrogen-bond donors (Lipinski definition) is 1. The number of carboxylic acids is 1. The molecule has 1 heterocycles. The van der Waals surface area contributed by atoms with Gasteiger partial charge in [0.1, 0.15) is 5.82 Å². The molecule has 0 radical (unpaired) electrons. The third-order valence-electron chi connectivity index (χ3n) is 2.89. The quantitative estimate of drug-likeness (QED) is 0.916. The standard InChI is InChI=1S/C13H14FN3O2/c1-13(2,12(18)19)7-11-8-15-16-17(11)10-5-3-9(14)4-6-10/h3-6,8H,7H2,1-2H3,(H,18,19). The average molecular weight is 263 g/mol. The van der Waals surface area contributed by atoms with Crippen LogP contribution >= 0.6 is 0 Å². The molecule has 0 atom stereocenters. The lowest BCUT2D eigenvalue weighted by atomic mass is 9.88. The van der Waals surface area contributed by atoms with Gasteiger partial charge in [0.15, 0.2) is 0 Å². The molecule has 0 aliphatic carbocycles. The fourth-order valence-electron chi connectivity index (χ4n) is 1.70. The smallest absolute Gasteiger partial charge is 0.309 e. The van der Waals surface area contributed by atoms with E-state index in [0.717, 1.165) is 0 Å². The van der Waals surface area contributed by atoms with Crippen LogP contribution in [0.25, 0.3) is 5.69 Å². The Balaban J connectivity index is 2.33. The lowest BCUT2D eigenvalue weighted by Crippen LogP contribution is -2.27. The van der Waals surface area contributed by atoms with E-state index in [1.165, 1.54) is 23.0 Å². The van der Waals surface area contributed by atoms with Gasteiger partial charge in [0, 0.05) is 6.42 Å². The summed E-state index contributed by atoms with van der Waals surface area (Å²) < 4.78 is 14.4. The Morgan fingerprint density at radius 2 is 2.00 bits per heavy atom. The SMILES string of the molecule is CC(C)(Cc1cnnn1-c1ccc(F)cc1)C(=O)O. The average Bonchev–Trinajstić information content (AvgIpc) is 2.77. The lowest BCUT2D eigenvalue weighted by Gasteiger charge is -2.18. The van der Waals surface area contributed by atoms with E-state index in [0.29, 0.717) is 11.4 Å². The second kappa shape index (κ2) is 4.79. The van der Waals surface area contributed by atoms with Crippen LogP contribution in [0.1, 0.15) is 19.5 Å². The predicted molar refractivity (Wildman–Crippen MR) is 66.4 cm³/mol. The molecular formula is C13H14FN3O2. The van der Waals surface area contributed by atoms with Gasteiger partial charge in [-0.25, -0.2) is 9.07 Å². The van der Waals surface area contributed by atoms with E-state index in [1.807, 2.05) is 0 Å². The van der Waals surface area contributed by atoms with Crippen LogP contribution in [-0.4, -0.2) is 26.1 Å². The van der Waals surface area contributed by atoms with Gasteiger partial charge in [0.05, 0.1) is 23.0 Å². The highest BCUT2D eigenvalue weighted by molar-refractivity contribution is 5.73. The number of aromatic nitrogens is 3. The van der Waals surface area contributed by atoms with Crippen molar-refractivity contribution in [2.45, 2.75) is 20.3 Å². The largest absolute Gasteiger partial charge is 0.481 e. The van der Waals surface area contributed by atoms with Gasteiger partial charge >= 0.3 is 5.97 Å². The minimum atomic E-state index is -0.917. The Morgan fingerprint density at radius 1 is 1.37 bits per heavy atom. The normalized spacial score (nSPS) is 11.5. The molecule has 1 aromatic carbocycles. The maximum atomic E-state index is 12.9. The number of hydrogen-bond acceptors (Lipinski definition) is 3. The Morgan fingerprint density at radius 3 is 2.58 bits per heavy atom. The van der Waals surface area contributed by atoms with Crippen LogP contribution in [0.2, 0.25) is 0 Å². The van der Waals surface area contributed by atoms with E-state index in [9.17, 15) is 9.18 Å². The van der Waals surface area contributed by atoms with Crippen LogP contribution in [0, 0.1) is 11.2 Å². The third kappa shape index (κ3) is 2.78. The lowest BCUT2D eigenvalue weighted by molar-refractivity contribution is -0.146. The van der Waals surface area contributed by atoms with E-state index in [4.69, 9.17) is 5.11 Å². The van der Waals surface area contributed by atoms with E-state index < -0.39 is 11.4 Å². The summed E-state index contributed by atoms with van der Waals surface area (Å²) in [4.78, 5) is 11.1. The Kier molecular flexibility index (Phi) is 3.33. The van der Waals surface area contributed by atoms with E-state index in [-0.39, 0.29) is 12.2 Å². The zero-order valence-corrected chi connectivity index (χ0v) is 10.7. The van der Waals surface area contributed by atoms with E-state index in [2.05, 4.69) is 10.3 Å². The molecule has 0 saturated heterocycles. The van der Waals surface area contributed by atoms with E-state index >= 15 is 0 Å². The first-order valence-corrected chi connectivity index (χ1v) is 5.79. The minimum Gasteiger partial charge on any atom is -0.481 e. The molecule has 2 aromatic rings. The zero-order chi connectivity index (χ0) is 14.0. The van der Waals surface area contributed by atoms with Crippen molar-refractivity contribution in [3.63, 3.8) is 0 Å². The highest BCUT2D eigenvalue weighted by Gasteiger charge is 2.29. The molecule has 19 heavy (non-hydrogen) atoms. The van der Waals surface area contributed by atoms with Crippen molar-refractivity contribution in [1.29, 1.82) is 0 Å². The second-order valence-electron chi connectivity index (χ2n) is 4.98. The molecule has 6 heteroatoms. The molecule has 0 unspecified atom stereocenters. The summed E-state index contributed by atoms with van der Waals surface area (Å²) in [5, 5.41) is 16.8. The van der Waals surface area contributed by atoms with Crippen LogP contribution in [0.5, 0.6) is 0 Å². The van der Waals surface area contributed by atoms with Gasteiger partial charge in [-0.15, -0.1) is 5.10 Å². The number of aliphatic carboxylic acids is 1. The first-order valence-electron chi connectivity index (χ1n) is 5.79. The highest BCUT2D eigenvalue weighted by atomic mass is 19.1. The maximum Gasteiger partial charge on any atom is 0.309 e. The number of halogens is 1. The number of nitrogens with zero attached hydrogens (tertiary/aromatic N) is 3. The third-order valence-corrected chi connectivity index (χ3v) is 2.89. The van der Waals surface area contributed by atoms with Crippen LogP contribution in [-0.2, 0) is 11.2 Å². The summed E-state index contributed by atoms with van der Waals surface area (Å²) in [5.74, 6) is -1.23. The summed E-state index contributed by atoms with van der Waals surface area (Å²) in [6, 6.07) is 5.79. The van der Waals surface area contributed by atoms with Gasteiger partial charge in [-0.3, -0.25) is 4.79 Å². The number of benzene rings is 1. The molecule has 0 bridgehead atoms. The van der Waals surface area contributed by atoms with Gasteiger partial charge in [0.25, 0.3) is 0 Å². The molecule has 100 valence electrons. The fraction of sp³-hybridized carbons (Fsp3) is 0.308. The number of rotatable bonds is 4. The molecule has 0 amide bonds. The molecule has 0 aliphatic rings. The molecule has 0 saturated carbocycles. The van der Waals surface area contributed by atoms with Crippen molar-refractivity contribution < 1.29 is 14.3 Å². The van der Waals surface area contributed by atoms with Crippen molar-refractivity contribution in [2.75, 3.05) is 0 Å². The molecule has 0 fully saturated rings. The molecular weight excluding hydrogens is 249 g/mol. The van der Waals surface area contributed by atoms with Crippen molar-refractivity contribution in [2.24, 2.45) is 5.41 Å². The maximum absolute atomic E-state index is 12.9. The van der Waals surface area contributed by atoms with Gasteiger partial charge in [-0.05, 0) is 38.1 Å². The molecule has 0 spiro atoms. The van der Waals surface area contributed by atoms with Crippen molar-refractivity contribution in [1.82, 2.24) is 15.0 Å². The Hall–Kier alpha value is -2.24. The Labute approximate surface area is 109 Å². The Bertz CT molecular complexity index is 590. The van der Waals surface area contributed by atoms with Crippen molar-refractivity contribution in [3.05, 3.63) is 42.0 Å². The van der Waals surface area contributed by atoms with Crippen LogP contribution in [0.15, 0.2) is 30.5 Å². The minimum absolute atomic E-state index is 0.284. The molecule has 2 rings (SSSR count). The molecule has 5 nitrogen and oxygen atoms in total. The number of carboxylic acid groups (broad SMARTS) is 1. The van der Waals surface area contributed by atoms with E-state index in [1.54, 1.807) is 26.0 Å². The summed E-state index contributed by atoms with van der Waals surface area (Å²) in [6.07, 6.45) is 1.81. The molecule has 0 aliphatic heterocycles. The summed E-state index contributed by atoms with van der Waals surface area (Å²) in [5.41, 5.74) is 0.397. The predicted octanol–water partition coefficient (Wildman–Crippen LogP) is 2.06. The van der Waals surface area contributed by atoms with Gasteiger partial charge in [-0.1, -0.05) is 5.21 Å². The topological polar surface area (TPSA) is 68.0 Å². The van der Waals surface area contributed by atoms with Gasteiger partial charge in [0.2, 0.25) is 0 Å². The van der Waals surface area contributed by atoms with Crippen LogP contribution < -0.4 is 0 Å². The first kappa shape index (κ1) is 13.2. The molecule has 1 aromatic heterocycles. The highest BCUT2D eigenvalue weighted by Crippen LogP contribution is 2.23. The monoisotopic (exact) mass is 263 g/mol. The first-order chi connectivity index (χ1) is 8.90. The van der Waals surface area contributed by atoms with Crippen molar-refractivity contribution in [3.8, 4) is 5.69 Å². The summed E-state index contributed by atoms with van der Waals surface area (Å²) in [7, 11) is 0. The number of carbonyl (C=O) groups is 1. The molecule has 1 N–H and O–H groups in total. The fourth-order valence-corrected chi connectivity index (χ4v) is 1.70. The zero-order valence-electron chi connectivity index (χ0n) is 10.7. The van der Waals surface area contributed by atoms with Crippen LogP contribution in [0.4, 0.5) is 4.39 Å². The summed E-state index contributed by atoms with van der Waals surface area (Å²) in [6.45, 7) is 3.27.